The highest BCUT2D eigenvalue weighted by atomic mass is 32.2. The van der Waals surface area contributed by atoms with E-state index < -0.39 is 11.8 Å². The Kier molecular flexibility index (Phi) is 7.05. The van der Waals surface area contributed by atoms with Gasteiger partial charge < -0.3 is 19.9 Å². The number of nitrogens with zero attached hydrogens (tertiary/aromatic N) is 6. The number of aromatic nitrogens is 4. The van der Waals surface area contributed by atoms with E-state index in [0.29, 0.717) is 30.4 Å². The molecule has 4 aromatic rings. The number of pyridine rings is 4. The van der Waals surface area contributed by atoms with Crippen LogP contribution in [-0.2, 0) is 13.1 Å². The number of ether oxygens (including phenoxy) is 1. The summed E-state index contributed by atoms with van der Waals surface area (Å²) in [7, 11) is 1.58. The van der Waals surface area contributed by atoms with Crippen LogP contribution in [0.5, 0.6) is 5.88 Å². The third kappa shape index (κ3) is 4.86. The van der Waals surface area contributed by atoms with Gasteiger partial charge in [0.15, 0.2) is 11.2 Å². The molecule has 0 amide bonds. The molecule has 1 saturated heterocycles. The molecule has 6 heterocycles. The number of thioether (sulfide) groups is 1. The number of methoxy groups -OCH3 is 1. The molecule has 1 unspecified atom stereocenters. The van der Waals surface area contributed by atoms with E-state index >= 15 is 0 Å². The standard InChI is InChI=1S/C28H29F2N7O2S/c1-16-37-27-20(11-22(29)26(30)34-27)25(38)21(28(37)40-16)15-36(13-17-7-8-32-24(10-17)39-2)19-4-3-9-35(14-19)18-5-6-23(31)33-12-18/h5-8,10-12,16,19H,3-4,9,13-15H2,1-2H3,(H2,31,33)/t16?,19-/m0/s1. The summed E-state index contributed by atoms with van der Waals surface area (Å²) in [5.41, 5.74) is 8.22. The highest BCUT2D eigenvalue weighted by Crippen LogP contribution is 2.46. The summed E-state index contributed by atoms with van der Waals surface area (Å²) in [5, 5.41) is 0.792. The number of hydrogen-bond acceptors (Lipinski definition) is 9. The maximum absolute atomic E-state index is 14.2. The second-order valence-electron chi connectivity index (χ2n) is 10.1. The maximum Gasteiger partial charge on any atom is 0.250 e. The van der Waals surface area contributed by atoms with Gasteiger partial charge in [0.25, 0.3) is 5.95 Å². The molecular formula is C28H29F2N7O2S. The van der Waals surface area contributed by atoms with Crippen LogP contribution in [0.1, 0.15) is 36.3 Å². The second kappa shape index (κ2) is 10.7. The van der Waals surface area contributed by atoms with E-state index in [4.69, 9.17) is 10.5 Å². The fourth-order valence-electron chi connectivity index (χ4n) is 5.56. The Balaban J connectivity index is 1.39. The molecular weight excluding hydrogens is 536 g/mol. The molecule has 4 aromatic heterocycles. The minimum atomic E-state index is -1.20. The number of hydrogen-bond donors (Lipinski definition) is 1. The Morgan fingerprint density at radius 3 is 2.80 bits per heavy atom. The van der Waals surface area contributed by atoms with Crippen LogP contribution < -0.4 is 20.8 Å². The zero-order chi connectivity index (χ0) is 28.0. The van der Waals surface area contributed by atoms with Gasteiger partial charge in [-0.15, -0.1) is 0 Å². The lowest BCUT2D eigenvalue weighted by Gasteiger charge is -2.41. The predicted molar refractivity (Wildman–Crippen MR) is 150 cm³/mol. The lowest BCUT2D eigenvalue weighted by atomic mass is 10.0. The summed E-state index contributed by atoms with van der Waals surface area (Å²) in [6, 6.07) is 8.67. The van der Waals surface area contributed by atoms with Crippen molar-refractivity contribution in [1.82, 2.24) is 24.4 Å². The molecule has 6 rings (SSSR count). The number of piperidine rings is 1. The topological polar surface area (TPSA) is 102 Å². The summed E-state index contributed by atoms with van der Waals surface area (Å²) in [6.07, 6.45) is 5.38. The molecule has 0 spiro atoms. The smallest absolute Gasteiger partial charge is 0.250 e. The molecule has 208 valence electrons. The van der Waals surface area contributed by atoms with Gasteiger partial charge in [0.05, 0.1) is 34.8 Å². The van der Waals surface area contributed by atoms with Crippen LogP contribution in [0.2, 0.25) is 0 Å². The predicted octanol–water partition coefficient (Wildman–Crippen LogP) is 4.35. The van der Waals surface area contributed by atoms with E-state index in [2.05, 4.69) is 24.8 Å². The maximum atomic E-state index is 14.2. The number of nitrogens with two attached hydrogens (primary N) is 1. The first-order chi connectivity index (χ1) is 19.3. The molecule has 0 saturated carbocycles. The van der Waals surface area contributed by atoms with E-state index in [9.17, 15) is 13.6 Å². The molecule has 2 aliphatic rings. The first-order valence-electron chi connectivity index (χ1n) is 13.1. The lowest BCUT2D eigenvalue weighted by Crippen LogP contribution is -2.48. The van der Waals surface area contributed by atoms with Crippen LogP contribution in [0.4, 0.5) is 20.3 Å². The second-order valence-corrected chi connectivity index (χ2v) is 11.4. The molecule has 2 atom stereocenters. The Morgan fingerprint density at radius 2 is 2.05 bits per heavy atom. The van der Waals surface area contributed by atoms with Gasteiger partial charge in [-0.3, -0.25) is 9.69 Å². The molecule has 0 bridgehead atoms. The zero-order valence-electron chi connectivity index (χ0n) is 22.2. The summed E-state index contributed by atoms with van der Waals surface area (Å²) in [4.78, 5) is 30.6. The van der Waals surface area contributed by atoms with Gasteiger partial charge in [0.2, 0.25) is 5.88 Å². The lowest BCUT2D eigenvalue weighted by molar-refractivity contribution is 0.156. The van der Waals surface area contributed by atoms with Crippen molar-refractivity contribution >= 4 is 34.3 Å². The number of nitrogen functional groups attached to an aromatic ring is 1. The third-order valence-corrected chi connectivity index (χ3v) is 8.81. The molecule has 2 aliphatic heterocycles. The van der Waals surface area contributed by atoms with Crippen LogP contribution in [0.3, 0.4) is 0 Å². The Bertz CT molecular complexity index is 1630. The minimum Gasteiger partial charge on any atom is -0.481 e. The van der Waals surface area contributed by atoms with Crippen molar-refractivity contribution in [2.45, 2.75) is 49.3 Å². The van der Waals surface area contributed by atoms with Crippen molar-refractivity contribution in [3.05, 3.63) is 75.8 Å². The van der Waals surface area contributed by atoms with Crippen LogP contribution in [-0.4, -0.2) is 50.7 Å². The van der Waals surface area contributed by atoms with Crippen molar-refractivity contribution in [3.63, 3.8) is 0 Å². The molecule has 0 radical (unpaired) electrons. The summed E-state index contributed by atoms with van der Waals surface area (Å²) >= 11 is 1.54. The summed E-state index contributed by atoms with van der Waals surface area (Å²) < 4.78 is 35.4. The number of anilines is 2. The Morgan fingerprint density at radius 1 is 1.20 bits per heavy atom. The number of fused-ring (bicyclic) bond motifs is 3. The average Bonchev–Trinajstić information content (AvgIpc) is 2.95. The fraction of sp³-hybridized carbons (Fsp3) is 0.357. The molecule has 1 fully saturated rings. The average molecular weight is 566 g/mol. The van der Waals surface area contributed by atoms with Crippen LogP contribution in [0, 0.1) is 11.8 Å². The largest absolute Gasteiger partial charge is 0.481 e. The third-order valence-electron chi connectivity index (χ3n) is 7.59. The van der Waals surface area contributed by atoms with Gasteiger partial charge in [-0.2, -0.15) is 9.37 Å². The molecule has 40 heavy (non-hydrogen) atoms. The SMILES string of the molecule is COc1cc(CN(Cc2c3n(c4nc(F)c(F)cc4c2=O)C(C)S3)[C@H]2CCCN(c3ccc(N)nc3)C2)ccn1. The van der Waals surface area contributed by atoms with Gasteiger partial charge in [-0.1, -0.05) is 11.8 Å². The van der Waals surface area contributed by atoms with Gasteiger partial charge >= 0.3 is 0 Å². The molecule has 2 N–H and O–H groups in total. The first-order valence-corrected chi connectivity index (χ1v) is 14.0. The van der Waals surface area contributed by atoms with Crippen molar-refractivity contribution in [3.8, 4) is 5.88 Å². The van der Waals surface area contributed by atoms with Crippen molar-refractivity contribution in [2.75, 3.05) is 30.8 Å². The van der Waals surface area contributed by atoms with Crippen molar-refractivity contribution < 1.29 is 13.5 Å². The van der Waals surface area contributed by atoms with Gasteiger partial charge in [0, 0.05) is 50.0 Å². The highest BCUT2D eigenvalue weighted by molar-refractivity contribution is 8.00. The quantitative estimate of drug-likeness (QED) is 0.328. The van der Waals surface area contributed by atoms with Crippen molar-refractivity contribution in [1.29, 1.82) is 0 Å². The minimum absolute atomic E-state index is 0.0460. The van der Waals surface area contributed by atoms with E-state index in [1.807, 2.05) is 29.7 Å². The fourth-order valence-corrected chi connectivity index (χ4v) is 6.69. The van der Waals surface area contributed by atoms with Gasteiger partial charge in [0.1, 0.15) is 11.5 Å². The monoisotopic (exact) mass is 565 g/mol. The van der Waals surface area contributed by atoms with E-state index in [1.165, 1.54) is 11.8 Å². The van der Waals surface area contributed by atoms with Crippen LogP contribution in [0.25, 0.3) is 11.0 Å². The van der Waals surface area contributed by atoms with E-state index in [-0.39, 0.29) is 27.9 Å². The number of rotatable bonds is 7. The summed E-state index contributed by atoms with van der Waals surface area (Å²) in [5.74, 6) is -1.35. The zero-order valence-corrected chi connectivity index (χ0v) is 23.0. The first kappa shape index (κ1) is 26.5. The Hall–Kier alpha value is -3.77. The van der Waals surface area contributed by atoms with Crippen molar-refractivity contribution in [2.24, 2.45) is 0 Å². The summed E-state index contributed by atoms with van der Waals surface area (Å²) in [6.45, 7) is 4.46. The van der Waals surface area contributed by atoms with Crippen LogP contribution in [0.15, 0.2) is 52.5 Å². The highest BCUT2D eigenvalue weighted by Gasteiger charge is 2.34. The van der Waals surface area contributed by atoms with E-state index in [1.54, 1.807) is 25.6 Å². The molecule has 9 nitrogen and oxygen atoms in total. The molecule has 0 aliphatic carbocycles. The van der Waals surface area contributed by atoms with Gasteiger partial charge in [-0.25, -0.2) is 14.4 Å². The number of halogens is 2. The normalized spacial score (nSPS) is 18.6. The molecule has 0 aromatic carbocycles. The van der Waals surface area contributed by atoms with Gasteiger partial charge in [-0.05, 0) is 49.6 Å². The molecule has 12 heteroatoms. The van der Waals surface area contributed by atoms with E-state index in [0.717, 1.165) is 48.3 Å². The van der Waals surface area contributed by atoms with Crippen LogP contribution >= 0.6 is 11.8 Å². The Labute approximate surface area is 234 Å².